The van der Waals surface area contributed by atoms with Gasteiger partial charge >= 0.3 is 0 Å². The predicted octanol–water partition coefficient (Wildman–Crippen LogP) is 0.754. The van der Waals surface area contributed by atoms with Gasteiger partial charge in [0.05, 0.1) is 15.9 Å². The molecule has 0 radical (unpaired) electrons. The predicted molar refractivity (Wildman–Crippen MR) is 82.2 cm³/mol. The number of carboxylic acid groups (broad SMARTS) is 1. The average molecular weight is 349 g/mol. The highest BCUT2D eigenvalue weighted by Crippen LogP contribution is 2.22. The van der Waals surface area contributed by atoms with E-state index in [1.54, 1.807) is 30.3 Å². The number of nitrogens with one attached hydrogen (secondary N) is 1. The second-order valence-electron chi connectivity index (χ2n) is 4.92. The molecule has 2 aromatic carbocycles. The lowest BCUT2D eigenvalue weighted by atomic mass is 10.1. The number of hydrogen-bond acceptors (Lipinski definition) is 6. The minimum atomic E-state index is -4.15. The van der Waals surface area contributed by atoms with Crippen molar-refractivity contribution in [2.75, 3.05) is 0 Å². The van der Waals surface area contributed by atoms with Crippen LogP contribution in [0.3, 0.4) is 0 Å². The third-order valence-corrected chi connectivity index (χ3v) is 4.68. The summed E-state index contributed by atoms with van der Waals surface area (Å²) in [5, 5.41) is 21.7. The third kappa shape index (κ3) is 4.37. The summed E-state index contributed by atoms with van der Waals surface area (Å²) >= 11 is 0. The molecule has 0 heterocycles. The summed E-state index contributed by atoms with van der Waals surface area (Å²) in [4.78, 5) is 20.7. The van der Waals surface area contributed by atoms with Crippen LogP contribution in [0.2, 0.25) is 0 Å². The van der Waals surface area contributed by atoms with Crippen LogP contribution in [-0.2, 0) is 14.8 Å². The van der Waals surface area contributed by atoms with Gasteiger partial charge in [-0.2, -0.15) is 0 Å². The number of nitro benzene ring substituents is 1. The zero-order valence-corrected chi connectivity index (χ0v) is 13.1. The van der Waals surface area contributed by atoms with E-state index in [4.69, 9.17) is 0 Å². The monoisotopic (exact) mass is 349 g/mol. The fourth-order valence-corrected chi connectivity index (χ4v) is 3.36. The molecule has 2 aromatic rings. The molecule has 1 atom stereocenters. The zero-order chi connectivity index (χ0) is 17.7. The second-order valence-corrected chi connectivity index (χ2v) is 6.63. The topological polar surface area (TPSA) is 129 Å². The summed E-state index contributed by atoms with van der Waals surface area (Å²) in [5.41, 5.74) is 0.0599. The fourth-order valence-electron chi connectivity index (χ4n) is 2.10. The number of hydrogen-bond donors (Lipinski definition) is 1. The molecule has 0 spiro atoms. The van der Waals surface area contributed by atoms with Crippen molar-refractivity contribution in [3.8, 4) is 0 Å². The van der Waals surface area contributed by atoms with Crippen LogP contribution in [0.15, 0.2) is 59.5 Å². The molecular formula is C15H13N2O6S-. The van der Waals surface area contributed by atoms with Crippen molar-refractivity contribution in [3.05, 3.63) is 70.3 Å². The zero-order valence-electron chi connectivity index (χ0n) is 12.3. The normalized spacial score (nSPS) is 12.5. The molecule has 0 bridgehead atoms. The van der Waals surface area contributed by atoms with E-state index in [-0.39, 0.29) is 10.6 Å². The number of carbonyl (C=O) groups is 1. The number of non-ortho nitro benzene ring substituents is 1. The third-order valence-electron chi connectivity index (χ3n) is 3.21. The Morgan fingerprint density at radius 3 is 2.38 bits per heavy atom. The largest absolute Gasteiger partial charge is 0.550 e. The summed E-state index contributed by atoms with van der Waals surface area (Å²) in [6.07, 6.45) is -0.571. The maximum atomic E-state index is 12.4. The van der Waals surface area contributed by atoms with Gasteiger partial charge in [-0.25, -0.2) is 13.1 Å². The molecule has 126 valence electrons. The lowest BCUT2D eigenvalue weighted by molar-refractivity contribution is -0.385. The number of carbonyl (C=O) groups excluding carboxylic acids is 1. The molecule has 0 unspecified atom stereocenters. The molecular weight excluding hydrogens is 336 g/mol. The number of nitrogens with zero attached hydrogens (tertiary/aromatic N) is 1. The number of sulfonamides is 1. The van der Waals surface area contributed by atoms with Gasteiger partial charge in [0.25, 0.3) is 5.69 Å². The van der Waals surface area contributed by atoms with Crippen LogP contribution in [0.1, 0.15) is 18.0 Å². The lowest BCUT2D eigenvalue weighted by Gasteiger charge is -2.19. The van der Waals surface area contributed by atoms with Gasteiger partial charge in [0, 0.05) is 24.5 Å². The molecule has 0 aliphatic carbocycles. The first kappa shape index (κ1) is 17.6. The maximum absolute atomic E-state index is 12.4. The van der Waals surface area contributed by atoms with Crippen LogP contribution in [-0.4, -0.2) is 19.3 Å². The Hall–Kier alpha value is -2.78. The average Bonchev–Trinajstić information content (AvgIpc) is 2.54. The first-order chi connectivity index (χ1) is 11.3. The standard InChI is InChI=1S/C15H14N2O6S/c18-15(19)10-14(11-5-2-1-3-6-11)16-24(22,23)13-8-4-7-12(9-13)17(20)21/h1-9,14,16H,10H2,(H,18,19)/p-1/t14-/m1/s1. The Balaban J connectivity index is 2.35. The molecule has 0 saturated heterocycles. The molecule has 8 nitrogen and oxygen atoms in total. The summed E-state index contributed by atoms with van der Waals surface area (Å²) in [5.74, 6) is -1.43. The van der Waals surface area contributed by atoms with Crippen molar-refractivity contribution < 1.29 is 23.2 Å². The van der Waals surface area contributed by atoms with Crippen LogP contribution in [0.5, 0.6) is 0 Å². The number of aliphatic carboxylic acids is 1. The smallest absolute Gasteiger partial charge is 0.270 e. The molecule has 0 fully saturated rings. The number of carboxylic acids is 1. The summed E-state index contributed by atoms with van der Waals surface area (Å²) in [6, 6.07) is 11.6. The molecule has 24 heavy (non-hydrogen) atoms. The quantitative estimate of drug-likeness (QED) is 0.580. The van der Waals surface area contributed by atoms with Crippen molar-refractivity contribution in [1.82, 2.24) is 4.72 Å². The van der Waals surface area contributed by atoms with Gasteiger partial charge in [0.1, 0.15) is 0 Å². The Kier molecular flexibility index (Phi) is 5.27. The molecule has 0 aliphatic heterocycles. The summed E-state index contributed by atoms with van der Waals surface area (Å²) in [6.45, 7) is 0. The molecule has 0 amide bonds. The molecule has 0 aromatic heterocycles. The van der Waals surface area contributed by atoms with E-state index in [2.05, 4.69) is 4.72 Å². The van der Waals surface area contributed by atoms with E-state index in [1.807, 2.05) is 0 Å². The maximum Gasteiger partial charge on any atom is 0.270 e. The number of benzene rings is 2. The number of rotatable bonds is 7. The van der Waals surface area contributed by atoms with Crippen molar-refractivity contribution in [1.29, 1.82) is 0 Å². The Bertz CT molecular complexity index is 851. The van der Waals surface area contributed by atoms with Gasteiger partial charge in [-0.05, 0) is 11.6 Å². The van der Waals surface area contributed by atoms with Crippen LogP contribution in [0, 0.1) is 10.1 Å². The van der Waals surface area contributed by atoms with Crippen molar-refractivity contribution in [2.45, 2.75) is 17.4 Å². The highest BCUT2D eigenvalue weighted by molar-refractivity contribution is 7.89. The highest BCUT2D eigenvalue weighted by atomic mass is 32.2. The molecule has 9 heteroatoms. The van der Waals surface area contributed by atoms with Gasteiger partial charge in [0.2, 0.25) is 10.0 Å². The molecule has 0 saturated carbocycles. The second kappa shape index (κ2) is 7.20. The van der Waals surface area contributed by atoms with Crippen LogP contribution in [0.4, 0.5) is 5.69 Å². The van der Waals surface area contributed by atoms with E-state index in [9.17, 15) is 28.4 Å². The van der Waals surface area contributed by atoms with E-state index in [1.165, 1.54) is 12.1 Å². The van der Waals surface area contributed by atoms with Crippen molar-refractivity contribution in [3.63, 3.8) is 0 Å². The highest BCUT2D eigenvalue weighted by Gasteiger charge is 2.23. The van der Waals surface area contributed by atoms with Crippen LogP contribution < -0.4 is 9.83 Å². The number of nitro groups is 1. The first-order valence-electron chi connectivity index (χ1n) is 6.81. The Morgan fingerprint density at radius 2 is 1.79 bits per heavy atom. The van der Waals surface area contributed by atoms with Crippen LogP contribution >= 0.6 is 0 Å². The molecule has 1 N–H and O–H groups in total. The fraction of sp³-hybridized carbons (Fsp3) is 0.133. The van der Waals surface area contributed by atoms with E-state index >= 15 is 0 Å². The Morgan fingerprint density at radius 1 is 1.12 bits per heavy atom. The lowest BCUT2D eigenvalue weighted by Crippen LogP contribution is -2.34. The van der Waals surface area contributed by atoms with E-state index in [0.29, 0.717) is 5.56 Å². The summed E-state index contributed by atoms with van der Waals surface area (Å²) in [7, 11) is -4.15. The van der Waals surface area contributed by atoms with Crippen molar-refractivity contribution >= 4 is 21.7 Å². The van der Waals surface area contributed by atoms with Crippen LogP contribution in [0.25, 0.3) is 0 Å². The SMILES string of the molecule is O=C([O-])C[C@@H](NS(=O)(=O)c1cccc([N+](=O)[O-])c1)c1ccccc1. The van der Waals surface area contributed by atoms with Crippen molar-refractivity contribution in [2.24, 2.45) is 0 Å². The minimum absolute atomic E-state index is 0.323. The first-order valence-corrected chi connectivity index (χ1v) is 8.29. The van der Waals surface area contributed by atoms with Gasteiger partial charge < -0.3 is 9.90 Å². The van der Waals surface area contributed by atoms with Gasteiger partial charge in [-0.15, -0.1) is 0 Å². The van der Waals surface area contributed by atoms with Gasteiger partial charge in [-0.1, -0.05) is 36.4 Å². The van der Waals surface area contributed by atoms with E-state index in [0.717, 1.165) is 12.1 Å². The van der Waals surface area contributed by atoms with Gasteiger partial charge in [0.15, 0.2) is 0 Å². The Labute approximate surface area is 138 Å². The minimum Gasteiger partial charge on any atom is -0.550 e. The van der Waals surface area contributed by atoms with Gasteiger partial charge in [-0.3, -0.25) is 10.1 Å². The summed E-state index contributed by atoms with van der Waals surface area (Å²) < 4.78 is 27.1. The van der Waals surface area contributed by atoms with E-state index < -0.39 is 33.4 Å². The molecule has 2 rings (SSSR count). The molecule has 0 aliphatic rings.